The van der Waals surface area contributed by atoms with Gasteiger partial charge in [-0.25, -0.2) is 0 Å². The maximum absolute atomic E-state index is 6.03. The van der Waals surface area contributed by atoms with E-state index >= 15 is 0 Å². The second kappa shape index (κ2) is 6.84. The van der Waals surface area contributed by atoms with E-state index in [4.69, 9.17) is 39.5 Å². The van der Waals surface area contributed by atoms with Crippen LogP contribution in [0.4, 0.5) is 5.69 Å². The molecule has 2 aromatic rings. The molecule has 0 bridgehead atoms. The number of hydrogen-bond donors (Lipinski definition) is 1. The predicted molar refractivity (Wildman–Crippen MR) is 85.7 cm³/mol. The molecular formula is C14H11Cl3N2O. The van der Waals surface area contributed by atoms with Gasteiger partial charge in [-0.3, -0.25) is 5.43 Å². The highest BCUT2D eigenvalue weighted by molar-refractivity contribution is 6.38. The molecule has 2 aromatic carbocycles. The van der Waals surface area contributed by atoms with Crippen molar-refractivity contribution in [3.8, 4) is 5.75 Å². The van der Waals surface area contributed by atoms with Crippen LogP contribution >= 0.6 is 34.8 Å². The minimum absolute atomic E-state index is 0.503. The molecule has 3 nitrogen and oxygen atoms in total. The van der Waals surface area contributed by atoms with Crippen LogP contribution in [0.5, 0.6) is 5.75 Å². The van der Waals surface area contributed by atoms with Crippen LogP contribution in [-0.2, 0) is 0 Å². The Balaban J connectivity index is 2.12. The molecule has 104 valence electrons. The van der Waals surface area contributed by atoms with Crippen molar-refractivity contribution >= 4 is 46.7 Å². The van der Waals surface area contributed by atoms with Crippen molar-refractivity contribution in [1.82, 2.24) is 0 Å². The van der Waals surface area contributed by atoms with Gasteiger partial charge in [0.05, 0.1) is 34.1 Å². The molecule has 0 radical (unpaired) electrons. The molecule has 2 rings (SSSR count). The molecule has 0 aliphatic rings. The van der Waals surface area contributed by atoms with Crippen LogP contribution in [0, 0.1) is 0 Å². The first kappa shape index (κ1) is 15.0. The predicted octanol–water partition coefficient (Wildman–Crippen LogP) is 5.10. The average Bonchev–Trinajstić information content (AvgIpc) is 2.42. The zero-order valence-corrected chi connectivity index (χ0v) is 12.8. The lowest BCUT2D eigenvalue weighted by molar-refractivity contribution is 0.415. The summed E-state index contributed by atoms with van der Waals surface area (Å²) in [5.41, 5.74) is 4.24. The van der Waals surface area contributed by atoms with Crippen LogP contribution in [0.1, 0.15) is 5.56 Å². The Hall–Kier alpha value is -1.42. The largest absolute Gasteiger partial charge is 0.495 e. The third kappa shape index (κ3) is 3.57. The average molecular weight is 330 g/mol. The quantitative estimate of drug-likeness (QED) is 0.625. The summed E-state index contributed by atoms with van der Waals surface area (Å²) in [5, 5.41) is 5.67. The van der Waals surface area contributed by atoms with Gasteiger partial charge in [0, 0.05) is 5.56 Å². The van der Waals surface area contributed by atoms with Gasteiger partial charge in [-0.15, -0.1) is 0 Å². The van der Waals surface area contributed by atoms with E-state index in [1.54, 1.807) is 49.7 Å². The summed E-state index contributed by atoms with van der Waals surface area (Å²) in [4.78, 5) is 0. The van der Waals surface area contributed by atoms with Gasteiger partial charge in [0.2, 0.25) is 0 Å². The van der Waals surface area contributed by atoms with Gasteiger partial charge in [-0.2, -0.15) is 5.10 Å². The van der Waals surface area contributed by atoms with Crippen molar-refractivity contribution in [3.63, 3.8) is 0 Å². The molecule has 20 heavy (non-hydrogen) atoms. The SMILES string of the molecule is COc1ccc(N/N=C/c2c(Cl)cccc2Cl)cc1Cl. The summed E-state index contributed by atoms with van der Waals surface area (Å²) in [5.74, 6) is 0.607. The molecule has 0 aromatic heterocycles. The van der Waals surface area contributed by atoms with Crippen LogP contribution in [0.25, 0.3) is 0 Å². The van der Waals surface area contributed by atoms with Gasteiger partial charge in [-0.1, -0.05) is 40.9 Å². The first-order valence-corrected chi connectivity index (χ1v) is 6.82. The van der Waals surface area contributed by atoms with E-state index < -0.39 is 0 Å². The van der Waals surface area contributed by atoms with E-state index in [2.05, 4.69) is 10.5 Å². The second-order valence-electron chi connectivity index (χ2n) is 3.85. The van der Waals surface area contributed by atoms with Gasteiger partial charge >= 0.3 is 0 Å². The highest BCUT2D eigenvalue weighted by atomic mass is 35.5. The van der Waals surface area contributed by atoms with Crippen molar-refractivity contribution in [2.45, 2.75) is 0 Å². The standard InChI is InChI=1S/C14H11Cl3N2O/c1-20-14-6-5-9(7-13(14)17)19-18-8-10-11(15)3-2-4-12(10)16/h2-8,19H,1H3/b18-8+. The van der Waals surface area contributed by atoms with Gasteiger partial charge in [0.25, 0.3) is 0 Å². The van der Waals surface area contributed by atoms with E-state index in [1.165, 1.54) is 0 Å². The molecule has 0 saturated heterocycles. The Morgan fingerprint density at radius 1 is 1.05 bits per heavy atom. The van der Waals surface area contributed by atoms with E-state index in [0.717, 1.165) is 5.69 Å². The van der Waals surface area contributed by atoms with Gasteiger partial charge in [0.15, 0.2) is 0 Å². The molecule has 0 aliphatic carbocycles. The van der Waals surface area contributed by atoms with Crippen molar-refractivity contribution in [2.75, 3.05) is 12.5 Å². The van der Waals surface area contributed by atoms with Gasteiger partial charge in [-0.05, 0) is 30.3 Å². The lowest BCUT2D eigenvalue weighted by Crippen LogP contribution is -1.93. The van der Waals surface area contributed by atoms with E-state index in [9.17, 15) is 0 Å². The van der Waals surface area contributed by atoms with Crippen LogP contribution in [0.15, 0.2) is 41.5 Å². The minimum atomic E-state index is 0.503. The number of nitrogens with zero attached hydrogens (tertiary/aromatic N) is 1. The first-order valence-electron chi connectivity index (χ1n) is 5.68. The summed E-state index contributed by atoms with van der Waals surface area (Å²) in [6.45, 7) is 0. The fourth-order valence-corrected chi connectivity index (χ4v) is 2.29. The van der Waals surface area contributed by atoms with Crippen molar-refractivity contribution < 1.29 is 4.74 Å². The minimum Gasteiger partial charge on any atom is -0.495 e. The summed E-state index contributed by atoms with van der Waals surface area (Å²) in [6, 6.07) is 10.5. The number of benzene rings is 2. The monoisotopic (exact) mass is 328 g/mol. The first-order chi connectivity index (χ1) is 9.61. The number of methoxy groups -OCH3 is 1. The highest BCUT2D eigenvalue weighted by Gasteiger charge is 2.03. The number of hydrazone groups is 1. The number of hydrogen-bond acceptors (Lipinski definition) is 3. The molecule has 1 N–H and O–H groups in total. The van der Waals surface area contributed by atoms with Crippen LogP contribution in [-0.4, -0.2) is 13.3 Å². The molecule has 6 heteroatoms. The Kier molecular flexibility index (Phi) is 5.12. The van der Waals surface area contributed by atoms with E-state index in [0.29, 0.717) is 26.4 Å². The van der Waals surface area contributed by atoms with Crippen LogP contribution < -0.4 is 10.2 Å². The van der Waals surface area contributed by atoms with Crippen LogP contribution in [0.3, 0.4) is 0 Å². The normalized spacial score (nSPS) is 10.8. The lowest BCUT2D eigenvalue weighted by Gasteiger charge is -2.05. The molecular weight excluding hydrogens is 319 g/mol. The Morgan fingerprint density at radius 3 is 2.35 bits per heavy atom. The molecule has 0 heterocycles. The topological polar surface area (TPSA) is 33.6 Å². The summed E-state index contributed by atoms with van der Waals surface area (Å²) < 4.78 is 5.07. The molecule has 0 saturated carbocycles. The summed E-state index contributed by atoms with van der Waals surface area (Å²) in [7, 11) is 1.56. The van der Waals surface area contributed by atoms with Crippen molar-refractivity contribution in [3.05, 3.63) is 57.0 Å². The lowest BCUT2D eigenvalue weighted by atomic mass is 10.2. The number of nitrogens with one attached hydrogen (secondary N) is 1. The highest BCUT2D eigenvalue weighted by Crippen LogP contribution is 2.27. The maximum Gasteiger partial charge on any atom is 0.137 e. The van der Waals surface area contributed by atoms with Crippen molar-refractivity contribution in [2.24, 2.45) is 5.10 Å². The van der Waals surface area contributed by atoms with Gasteiger partial charge < -0.3 is 4.74 Å². The maximum atomic E-state index is 6.03. The Labute approximate surface area is 132 Å². The summed E-state index contributed by atoms with van der Waals surface area (Å²) >= 11 is 18.1. The third-order valence-electron chi connectivity index (χ3n) is 2.54. The Bertz CT molecular complexity index is 624. The molecule has 0 amide bonds. The zero-order chi connectivity index (χ0) is 14.5. The van der Waals surface area contributed by atoms with Gasteiger partial charge in [0.1, 0.15) is 5.75 Å². The zero-order valence-electron chi connectivity index (χ0n) is 10.5. The molecule has 0 unspecified atom stereocenters. The summed E-state index contributed by atoms with van der Waals surface area (Å²) in [6.07, 6.45) is 1.56. The third-order valence-corrected chi connectivity index (χ3v) is 3.49. The number of halogens is 3. The molecule has 0 spiro atoms. The number of ether oxygens (including phenoxy) is 1. The van der Waals surface area contributed by atoms with E-state index in [1.807, 2.05) is 0 Å². The number of anilines is 1. The smallest absolute Gasteiger partial charge is 0.137 e. The second-order valence-corrected chi connectivity index (χ2v) is 5.08. The van der Waals surface area contributed by atoms with E-state index in [-0.39, 0.29) is 0 Å². The fourth-order valence-electron chi connectivity index (χ4n) is 1.54. The number of rotatable bonds is 4. The fraction of sp³-hybridized carbons (Fsp3) is 0.0714. The molecule has 0 fully saturated rings. The van der Waals surface area contributed by atoms with Crippen molar-refractivity contribution in [1.29, 1.82) is 0 Å². The molecule has 0 aliphatic heterocycles. The Morgan fingerprint density at radius 2 is 1.75 bits per heavy atom. The molecule has 0 atom stereocenters. The van der Waals surface area contributed by atoms with Crippen LogP contribution in [0.2, 0.25) is 15.1 Å².